The van der Waals surface area contributed by atoms with E-state index in [-0.39, 0.29) is 5.75 Å². The Hall–Kier alpha value is -1.85. The lowest BCUT2D eigenvalue weighted by Gasteiger charge is -1.99. The zero-order valence-corrected chi connectivity index (χ0v) is 12.4. The Balaban J connectivity index is 2.01. The van der Waals surface area contributed by atoms with Crippen LogP contribution in [0.1, 0.15) is 0 Å². The van der Waals surface area contributed by atoms with Gasteiger partial charge in [0.1, 0.15) is 5.75 Å². The molecular weight excluding hydrogens is 344 g/mol. The second-order valence-corrected chi connectivity index (χ2v) is 5.41. The molecular formula is C14H8BrClN2O2. The molecule has 1 heterocycles. The minimum absolute atomic E-state index is 0.184. The fourth-order valence-electron chi connectivity index (χ4n) is 1.71. The highest BCUT2D eigenvalue weighted by Crippen LogP contribution is 2.31. The lowest BCUT2D eigenvalue weighted by Crippen LogP contribution is -1.80. The SMILES string of the molecule is Oc1ccc(-c2nnc(-c3cc(Br)ccc3Cl)o2)cc1. The predicted molar refractivity (Wildman–Crippen MR) is 79.5 cm³/mol. The topological polar surface area (TPSA) is 59.2 Å². The van der Waals surface area contributed by atoms with Crippen molar-refractivity contribution in [3.05, 3.63) is 52.0 Å². The Morgan fingerprint density at radius 3 is 2.45 bits per heavy atom. The van der Waals surface area contributed by atoms with Gasteiger partial charge < -0.3 is 9.52 Å². The standard InChI is InChI=1S/C14H8BrClN2O2/c15-9-3-6-12(16)11(7-9)14-18-17-13(20-14)8-1-4-10(19)5-2-8/h1-7,19H. The van der Waals surface area contributed by atoms with Crippen LogP contribution in [0.4, 0.5) is 0 Å². The summed E-state index contributed by atoms with van der Waals surface area (Å²) in [6.45, 7) is 0. The molecule has 0 fully saturated rings. The number of aromatic nitrogens is 2. The fraction of sp³-hybridized carbons (Fsp3) is 0. The number of hydrogen-bond acceptors (Lipinski definition) is 4. The van der Waals surface area contributed by atoms with Crippen molar-refractivity contribution in [3.8, 4) is 28.7 Å². The van der Waals surface area contributed by atoms with Gasteiger partial charge in [-0.1, -0.05) is 27.5 Å². The summed E-state index contributed by atoms with van der Waals surface area (Å²) in [7, 11) is 0. The zero-order chi connectivity index (χ0) is 14.1. The second kappa shape index (κ2) is 5.26. The van der Waals surface area contributed by atoms with Crippen molar-refractivity contribution in [1.29, 1.82) is 0 Å². The molecule has 4 nitrogen and oxygen atoms in total. The van der Waals surface area contributed by atoms with Gasteiger partial charge in [0.05, 0.1) is 10.6 Å². The van der Waals surface area contributed by atoms with Crippen molar-refractivity contribution in [1.82, 2.24) is 10.2 Å². The number of aromatic hydroxyl groups is 1. The maximum Gasteiger partial charge on any atom is 0.249 e. The minimum atomic E-state index is 0.184. The lowest BCUT2D eigenvalue weighted by molar-refractivity contribution is 0.475. The third-order valence-electron chi connectivity index (χ3n) is 2.70. The number of halogens is 2. The predicted octanol–water partition coefficient (Wildman–Crippen LogP) is 4.53. The summed E-state index contributed by atoms with van der Waals surface area (Å²) in [5.74, 6) is 0.902. The number of nitrogens with zero attached hydrogens (tertiary/aromatic N) is 2. The highest BCUT2D eigenvalue weighted by molar-refractivity contribution is 9.10. The normalized spacial score (nSPS) is 10.7. The van der Waals surface area contributed by atoms with Gasteiger partial charge in [0, 0.05) is 10.0 Å². The van der Waals surface area contributed by atoms with E-state index in [1.54, 1.807) is 30.3 Å². The molecule has 0 saturated carbocycles. The van der Waals surface area contributed by atoms with E-state index < -0.39 is 0 Å². The Bertz CT molecular complexity index is 756. The molecule has 0 bridgehead atoms. The van der Waals surface area contributed by atoms with Crippen LogP contribution in [0.2, 0.25) is 5.02 Å². The average molecular weight is 352 g/mol. The molecule has 3 rings (SSSR count). The van der Waals surface area contributed by atoms with E-state index in [9.17, 15) is 5.11 Å². The lowest BCUT2D eigenvalue weighted by atomic mass is 10.2. The van der Waals surface area contributed by atoms with Crippen LogP contribution in [-0.4, -0.2) is 15.3 Å². The van der Waals surface area contributed by atoms with Crippen molar-refractivity contribution in [2.24, 2.45) is 0 Å². The fourth-order valence-corrected chi connectivity index (χ4v) is 2.27. The van der Waals surface area contributed by atoms with Crippen LogP contribution in [0, 0.1) is 0 Å². The molecule has 1 N–H and O–H groups in total. The van der Waals surface area contributed by atoms with E-state index in [4.69, 9.17) is 16.0 Å². The van der Waals surface area contributed by atoms with Crippen LogP contribution in [0.15, 0.2) is 51.4 Å². The first-order chi connectivity index (χ1) is 9.63. The van der Waals surface area contributed by atoms with Crippen molar-refractivity contribution in [2.75, 3.05) is 0 Å². The van der Waals surface area contributed by atoms with Crippen LogP contribution >= 0.6 is 27.5 Å². The highest BCUT2D eigenvalue weighted by Gasteiger charge is 2.13. The number of benzene rings is 2. The Morgan fingerprint density at radius 2 is 1.70 bits per heavy atom. The van der Waals surface area contributed by atoms with Gasteiger partial charge in [-0.2, -0.15) is 0 Å². The molecule has 0 radical (unpaired) electrons. The van der Waals surface area contributed by atoms with Gasteiger partial charge in [-0.25, -0.2) is 0 Å². The van der Waals surface area contributed by atoms with E-state index in [2.05, 4.69) is 26.1 Å². The number of phenols is 1. The van der Waals surface area contributed by atoms with Gasteiger partial charge >= 0.3 is 0 Å². The van der Waals surface area contributed by atoms with E-state index >= 15 is 0 Å². The Kier molecular flexibility index (Phi) is 3.46. The molecule has 0 saturated heterocycles. The van der Waals surface area contributed by atoms with Crippen molar-refractivity contribution in [2.45, 2.75) is 0 Å². The van der Waals surface area contributed by atoms with E-state index in [1.165, 1.54) is 0 Å². The third kappa shape index (κ3) is 2.55. The first kappa shape index (κ1) is 13.1. The highest BCUT2D eigenvalue weighted by atomic mass is 79.9. The molecule has 0 aliphatic rings. The average Bonchev–Trinajstić information content (AvgIpc) is 2.92. The maximum atomic E-state index is 9.26. The van der Waals surface area contributed by atoms with Crippen molar-refractivity contribution >= 4 is 27.5 Å². The quantitative estimate of drug-likeness (QED) is 0.737. The molecule has 0 atom stereocenters. The van der Waals surface area contributed by atoms with Crippen molar-refractivity contribution in [3.63, 3.8) is 0 Å². The molecule has 2 aromatic carbocycles. The van der Waals surface area contributed by atoms with Gasteiger partial charge in [0.15, 0.2) is 0 Å². The molecule has 1 aromatic heterocycles. The molecule has 100 valence electrons. The van der Waals surface area contributed by atoms with Gasteiger partial charge in [0.25, 0.3) is 0 Å². The van der Waals surface area contributed by atoms with Gasteiger partial charge in [-0.3, -0.25) is 0 Å². The minimum Gasteiger partial charge on any atom is -0.508 e. The maximum absolute atomic E-state index is 9.26. The first-order valence-corrected chi connectivity index (χ1v) is 6.89. The monoisotopic (exact) mass is 350 g/mol. The molecule has 0 amide bonds. The largest absolute Gasteiger partial charge is 0.508 e. The summed E-state index contributed by atoms with van der Waals surface area (Å²) in [6.07, 6.45) is 0. The molecule has 0 aliphatic carbocycles. The molecule has 20 heavy (non-hydrogen) atoms. The van der Waals surface area contributed by atoms with E-state index in [1.807, 2.05) is 12.1 Å². The van der Waals surface area contributed by atoms with Crippen LogP contribution in [0.25, 0.3) is 22.9 Å². The number of rotatable bonds is 2. The van der Waals surface area contributed by atoms with Crippen molar-refractivity contribution < 1.29 is 9.52 Å². The number of hydrogen-bond donors (Lipinski definition) is 1. The molecule has 3 aromatic rings. The molecule has 0 unspecified atom stereocenters. The molecule has 0 spiro atoms. The summed E-state index contributed by atoms with van der Waals surface area (Å²) in [5, 5.41) is 17.8. The zero-order valence-electron chi connectivity index (χ0n) is 10.0. The van der Waals surface area contributed by atoms with Gasteiger partial charge in [-0.15, -0.1) is 10.2 Å². The summed E-state index contributed by atoms with van der Waals surface area (Å²) in [6, 6.07) is 11.9. The smallest absolute Gasteiger partial charge is 0.249 e. The molecule has 0 aliphatic heterocycles. The van der Waals surface area contributed by atoms with Crippen LogP contribution in [0.5, 0.6) is 5.75 Å². The van der Waals surface area contributed by atoms with E-state index in [0.717, 1.165) is 10.0 Å². The van der Waals surface area contributed by atoms with Crippen LogP contribution in [-0.2, 0) is 0 Å². The van der Waals surface area contributed by atoms with Gasteiger partial charge in [-0.05, 0) is 42.5 Å². The summed E-state index contributed by atoms with van der Waals surface area (Å²) >= 11 is 9.50. The third-order valence-corrected chi connectivity index (χ3v) is 3.52. The Labute approximate surface area is 128 Å². The summed E-state index contributed by atoms with van der Waals surface area (Å²) in [5.41, 5.74) is 1.39. The summed E-state index contributed by atoms with van der Waals surface area (Å²) < 4.78 is 6.50. The summed E-state index contributed by atoms with van der Waals surface area (Å²) in [4.78, 5) is 0. The Morgan fingerprint density at radius 1 is 1.00 bits per heavy atom. The van der Waals surface area contributed by atoms with E-state index in [0.29, 0.717) is 22.4 Å². The molecule has 6 heteroatoms. The van der Waals surface area contributed by atoms with Crippen LogP contribution < -0.4 is 0 Å². The first-order valence-electron chi connectivity index (χ1n) is 5.72. The van der Waals surface area contributed by atoms with Crippen LogP contribution in [0.3, 0.4) is 0 Å². The second-order valence-electron chi connectivity index (χ2n) is 4.08. The number of phenolic OH excluding ortho intramolecular Hbond substituents is 1. The van der Waals surface area contributed by atoms with Gasteiger partial charge in [0.2, 0.25) is 11.8 Å².